The first-order valence-corrected chi connectivity index (χ1v) is 7.69. The molecule has 23 heavy (non-hydrogen) atoms. The fourth-order valence-electron chi connectivity index (χ4n) is 2.18. The molecule has 0 aliphatic rings. The summed E-state index contributed by atoms with van der Waals surface area (Å²) in [4.78, 5) is 14.8. The Bertz CT molecular complexity index is 600. The SMILES string of the molecule is NC(=O)OCCCCC(N)c1nc(CCc2ccccc2)no1. The third kappa shape index (κ3) is 6.07. The molecule has 1 aromatic heterocycles. The van der Waals surface area contributed by atoms with Crippen molar-refractivity contribution in [3.05, 3.63) is 47.6 Å². The summed E-state index contributed by atoms with van der Waals surface area (Å²) in [5.41, 5.74) is 12.1. The van der Waals surface area contributed by atoms with Gasteiger partial charge in [0.1, 0.15) is 0 Å². The molecule has 0 fully saturated rings. The van der Waals surface area contributed by atoms with Crippen molar-refractivity contribution in [2.45, 2.75) is 38.1 Å². The first-order chi connectivity index (χ1) is 11.1. The number of nitrogens with zero attached hydrogens (tertiary/aromatic N) is 2. The molecule has 1 amide bonds. The summed E-state index contributed by atoms with van der Waals surface area (Å²) >= 11 is 0. The highest BCUT2D eigenvalue weighted by Gasteiger charge is 2.14. The van der Waals surface area contributed by atoms with Crippen molar-refractivity contribution >= 4 is 6.09 Å². The van der Waals surface area contributed by atoms with Gasteiger partial charge in [0.15, 0.2) is 5.82 Å². The second kappa shape index (κ2) is 8.89. The van der Waals surface area contributed by atoms with Crippen LogP contribution in [-0.2, 0) is 17.6 Å². The number of benzene rings is 1. The van der Waals surface area contributed by atoms with Gasteiger partial charge in [-0.05, 0) is 31.2 Å². The van der Waals surface area contributed by atoms with Gasteiger partial charge in [0, 0.05) is 6.42 Å². The summed E-state index contributed by atoms with van der Waals surface area (Å²) in [5, 5.41) is 3.97. The zero-order valence-electron chi connectivity index (χ0n) is 13.0. The van der Waals surface area contributed by atoms with Gasteiger partial charge >= 0.3 is 6.09 Å². The highest BCUT2D eigenvalue weighted by molar-refractivity contribution is 5.64. The van der Waals surface area contributed by atoms with Crippen molar-refractivity contribution in [1.82, 2.24) is 10.1 Å². The molecular weight excluding hydrogens is 296 g/mol. The highest BCUT2D eigenvalue weighted by atomic mass is 16.5. The van der Waals surface area contributed by atoms with E-state index in [2.05, 4.69) is 27.0 Å². The third-order valence-corrected chi connectivity index (χ3v) is 3.43. The van der Waals surface area contributed by atoms with Crippen LogP contribution >= 0.6 is 0 Å². The van der Waals surface area contributed by atoms with E-state index in [9.17, 15) is 4.79 Å². The molecule has 0 aliphatic heterocycles. The first kappa shape index (κ1) is 17.0. The number of rotatable bonds is 9. The van der Waals surface area contributed by atoms with Crippen molar-refractivity contribution < 1.29 is 14.1 Å². The van der Waals surface area contributed by atoms with E-state index in [1.165, 1.54) is 5.56 Å². The van der Waals surface area contributed by atoms with Crippen molar-refractivity contribution in [2.24, 2.45) is 11.5 Å². The second-order valence-electron chi connectivity index (χ2n) is 5.30. The van der Waals surface area contributed by atoms with Crippen LogP contribution in [0, 0.1) is 0 Å². The molecular formula is C16H22N4O3. The van der Waals surface area contributed by atoms with Crippen LogP contribution in [0.2, 0.25) is 0 Å². The molecule has 7 heteroatoms. The van der Waals surface area contributed by atoms with E-state index in [-0.39, 0.29) is 6.04 Å². The Labute approximate surface area is 135 Å². The zero-order chi connectivity index (χ0) is 16.5. The lowest BCUT2D eigenvalue weighted by Crippen LogP contribution is -2.14. The van der Waals surface area contributed by atoms with Crippen molar-refractivity contribution in [3.8, 4) is 0 Å². The monoisotopic (exact) mass is 318 g/mol. The lowest BCUT2D eigenvalue weighted by Gasteiger charge is -2.06. The Morgan fingerprint density at radius 3 is 2.74 bits per heavy atom. The largest absolute Gasteiger partial charge is 0.450 e. The third-order valence-electron chi connectivity index (χ3n) is 3.43. The fraction of sp³-hybridized carbons (Fsp3) is 0.438. The predicted octanol–water partition coefficient (Wildman–Crippen LogP) is 2.12. The molecule has 0 saturated carbocycles. The molecule has 124 valence electrons. The maximum Gasteiger partial charge on any atom is 0.404 e. The summed E-state index contributed by atoms with van der Waals surface area (Å²) in [7, 11) is 0. The fourth-order valence-corrected chi connectivity index (χ4v) is 2.18. The van der Waals surface area contributed by atoms with Crippen molar-refractivity contribution in [2.75, 3.05) is 6.61 Å². The zero-order valence-corrected chi connectivity index (χ0v) is 13.0. The summed E-state index contributed by atoms with van der Waals surface area (Å²) in [5.74, 6) is 1.11. The molecule has 0 saturated heterocycles. The smallest absolute Gasteiger partial charge is 0.404 e. The molecule has 7 nitrogen and oxygen atoms in total. The normalized spacial score (nSPS) is 12.0. The lowest BCUT2D eigenvalue weighted by molar-refractivity contribution is 0.154. The summed E-state index contributed by atoms with van der Waals surface area (Å²) in [6.45, 7) is 0.300. The van der Waals surface area contributed by atoms with Crippen molar-refractivity contribution in [1.29, 1.82) is 0 Å². The number of aryl methyl sites for hydroxylation is 2. The average Bonchev–Trinajstić information content (AvgIpc) is 3.02. The number of hydrogen-bond donors (Lipinski definition) is 2. The molecule has 0 spiro atoms. The average molecular weight is 318 g/mol. The minimum Gasteiger partial charge on any atom is -0.450 e. The van der Waals surface area contributed by atoms with Crippen LogP contribution in [0.5, 0.6) is 0 Å². The Kier molecular flexibility index (Phi) is 6.56. The van der Waals surface area contributed by atoms with Crippen LogP contribution in [0.15, 0.2) is 34.9 Å². The number of ether oxygens (including phenoxy) is 1. The maximum absolute atomic E-state index is 10.4. The minimum absolute atomic E-state index is 0.300. The summed E-state index contributed by atoms with van der Waals surface area (Å²) in [6, 6.07) is 9.84. The van der Waals surface area contributed by atoms with Gasteiger partial charge < -0.3 is 20.7 Å². The van der Waals surface area contributed by atoms with Gasteiger partial charge in [0.05, 0.1) is 12.6 Å². The van der Waals surface area contributed by atoms with E-state index in [1.807, 2.05) is 18.2 Å². The van der Waals surface area contributed by atoms with Crippen LogP contribution in [0.1, 0.15) is 42.6 Å². The summed E-state index contributed by atoms with van der Waals surface area (Å²) in [6.07, 6.45) is 2.99. The van der Waals surface area contributed by atoms with E-state index >= 15 is 0 Å². The van der Waals surface area contributed by atoms with Gasteiger partial charge in [0.25, 0.3) is 0 Å². The molecule has 2 aromatic rings. The highest BCUT2D eigenvalue weighted by Crippen LogP contribution is 2.15. The van der Waals surface area contributed by atoms with Crippen LogP contribution in [0.25, 0.3) is 0 Å². The second-order valence-corrected chi connectivity index (χ2v) is 5.30. The van der Waals surface area contributed by atoms with E-state index in [1.54, 1.807) is 0 Å². The molecule has 1 unspecified atom stereocenters. The standard InChI is InChI=1S/C16H22N4O3/c17-13(8-4-5-11-22-16(18)21)15-19-14(20-23-15)10-9-12-6-2-1-3-7-12/h1-3,6-7,13H,4-5,8-11,17H2,(H2,18,21). The topological polar surface area (TPSA) is 117 Å². The predicted molar refractivity (Wildman–Crippen MR) is 84.5 cm³/mol. The molecule has 1 heterocycles. The van der Waals surface area contributed by atoms with Gasteiger partial charge in [-0.25, -0.2) is 4.79 Å². The molecule has 2 rings (SSSR count). The molecule has 0 aliphatic carbocycles. The number of nitrogens with two attached hydrogens (primary N) is 2. The number of carbonyl (C=O) groups excluding carboxylic acids is 1. The van der Waals surface area contributed by atoms with E-state index in [0.717, 1.165) is 12.8 Å². The molecule has 0 bridgehead atoms. The number of hydrogen-bond acceptors (Lipinski definition) is 6. The Morgan fingerprint density at radius 1 is 1.22 bits per heavy atom. The molecule has 1 atom stereocenters. The quantitative estimate of drug-likeness (QED) is 0.684. The van der Waals surface area contributed by atoms with Crippen LogP contribution in [0.4, 0.5) is 4.79 Å². The molecule has 1 aromatic carbocycles. The van der Waals surface area contributed by atoms with E-state index in [0.29, 0.717) is 37.6 Å². The number of aromatic nitrogens is 2. The Balaban J connectivity index is 1.71. The minimum atomic E-state index is -0.755. The van der Waals surface area contributed by atoms with Gasteiger partial charge in [-0.3, -0.25) is 0 Å². The number of amides is 1. The van der Waals surface area contributed by atoms with Crippen LogP contribution in [0.3, 0.4) is 0 Å². The summed E-state index contributed by atoms with van der Waals surface area (Å²) < 4.78 is 9.87. The van der Waals surface area contributed by atoms with E-state index < -0.39 is 6.09 Å². The number of unbranched alkanes of at least 4 members (excludes halogenated alkanes) is 1. The maximum atomic E-state index is 10.4. The number of primary amides is 1. The number of carbonyl (C=O) groups is 1. The Morgan fingerprint density at radius 2 is 2.00 bits per heavy atom. The molecule has 4 N–H and O–H groups in total. The van der Waals surface area contributed by atoms with Crippen molar-refractivity contribution in [3.63, 3.8) is 0 Å². The van der Waals surface area contributed by atoms with Gasteiger partial charge in [-0.2, -0.15) is 4.98 Å². The first-order valence-electron chi connectivity index (χ1n) is 7.69. The Hall–Kier alpha value is -2.41. The van der Waals surface area contributed by atoms with Crippen LogP contribution in [-0.4, -0.2) is 22.8 Å². The van der Waals surface area contributed by atoms with Crippen LogP contribution < -0.4 is 11.5 Å². The molecule has 0 radical (unpaired) electrons. The lowest BCUT2D eigenvalue weighted by atomic mass is 10.1. The van der Waals surface area contributed by atoms with E-state index in [4.69, 9.17) is 16.0 Å². The van der Waals surface area contributed by atoms with Gasteiger partial charge in [-0.1, -0.05) is 35.5 Å². The van der Waals surface area contributed by atoms with Gasteiger partial charge in [0.2, 0.25) is 5.89 Å². The van der Waals surface area contributed by atoms with Gasteiger partial charge in [-0.15, -0.1) is 0 Å².